The minimum atomic E-state index is 0.0239. The predicted octanol–water partition coefficient (Wildman–Crippen LogP) is 5.06. The maximum absolute atomic E-state index is 12.5. The highest BCUT2D eigenvalue weighted by Gasteiger charge is 2.50. The molecule has 0 unspecified atom stereocenters. The van der Waals surface area contributed by atoms with Crippen molar-refractivity contribution in [3.8, 4) is 5.75 Å². The van der Waals surface area contributed by atoms with Gasteiger partial charge in [0.25, 0.3) is 5.91 Å². The number of nitrogens with one attached hydrogen (secondary N) is 1. The highest BCUT2D eigenvalue weighted by molar-refractivity contribution is 7.07. The highest BCUT2D eigenvalue weighted by Crippen LogP contribution is 2.61. The molecule has 1 aromatic carbocycles. The summed E-state index contributed by atoms with van der Waals surface area (Å²) in [5.41, 5.74) is 3.95. The molecule has 4 nitrogen and oxygen atoms in total. The Morgan fingerprint density at radius 1 is 1.11 bits per heavy atom. The summed E-state index contributed by atoms with van der Waals surface area (Å²) in [6, 6.07) is 7.41. The van der Waals surface area contributed by atoms with Gasteiger partial charge in [-0.15, -0.1) is 11.3 Å². The van der Waals surface area contributed by atoms with Gasteiger partial charge in [0.2, 0.25) is 0 Å². The Hall–Kier alpha value is -1.88. The zero-order valence-corrected chi connectivity index (χ0v) is 17.0. The van der Waals surface area contributed by atoms with Crippen molar-refractivity contribution < 1.29 is 9.53 Å². The van der Waals surface area contributed by atoms with Crippen LogP contribution < -0.4 is 10.1 Å². The van der Waals surface area contributed by atoms with Crippen LogP contribution in [0.15, 0.2) is 35.2 Å². The van der Waals surface area contributed by atoms with Crippen LogP contribution in [-0.2, 0) is 6.61 Å². The van der Waals surface area contributed by atoms with E-state index in [-0.39, 0.29) is 5.91 Å². The van der Waals surface area contributed by atoms with Crippen LogP contribution in [0.2, 0.25) is 0 Å². The molecule has 28 heavy (non-hydrogen) atoms. The lowest BCUT2D eigenvalue weighted by Gasteiger charge is -2.57. The summed E-state index contributed by atoms with van der Waals surface area (Å²) in [7, 11) is 0. The van der Waals surface area contributed by atoms with Gasteiger partial charge in [0.1, 0.15) is 12.4 Å². The molecule has 1 N–H and O–H groups in total. The number of thiazole rings is 1. The summed E-state index contributed by atoms with van der Waals surface area (Å²) >= 11 is 1.56. The van der Waals surface area contributed by atoms with Gasteiger partial charge >= 0.3 is 0 Å². The quantitative estimate of drug-likeness (QED) is 0.712. The van der Waals surface area contributed by atoms with Crippen molar-refractivity contribution in [1.82, 2.24) is 10.3 Å². The number of hydrogen-bond donors (Lipinski definition) is 1. The van der Waals surface area contributed by atoms with Crippen molar-refractivity contribution in [2.24, 2.45) is 23.2 Å². The van der Waals surface area contributed by atoms with Gasteiger partial charge in [-0.25, -0.2) is 4.98 Å². The number of ether oxygens (including phenoxy) is 1. The third kappa shape index (κ3) is 3.82. The van der Waals surface area contributed by atoms with Crippen LogP contribution >= 0.6 is 11.3 Å². The maximum atomic E-state index is 12.5. The van der Waals surface area contributed by atoms with E-state index in [1.165, 1.54) is 38.5 Å². The topological polar surface area (TPSA) is 51.2 Å². The summed E-state index contributed by atoms with van der Waals surface area (Å²) < 4.78 is 5.72. The van der Waals surface area contributed by atoms with Crippen molar-refractivity contribution in [2.75, 3.05) is 6.54 Å². The maximum Gasteiger partial charge on any atom is 0.251 e. The molecule has 1 aromatic heterocycles. The molecule has 4 aliphatic rings. The molecule has 0 saturated heterocycles. The van der Waals surface area contributed by atoms with Gasteiger partial charge in [0.05, 0.1) is 11.2 Å². The van der Waals surface area contributed by atoms with Gasteiger partial charge in [0, 0.05) is 17.5 Å². The smallest absolute Gasteiger partial charge is 0.251 e. The van der Waals surface area contributed by atoms with Crippen LogP contribution in [0.3, 0.4) is 0 Å². The third-order valence-corrected chi connectivity index (χ3v) is 7.73. The summed E-state index contributed by atoms with van der Waals surface area (Å²) in [6.07, 6.45) is 9.78. The Kier molecular flexibility index (Phi) is 4.87. The van der Waals surface area contributed by atoms with E-state index in [1.54, 1.807) is 16.8 Å². The molecule has 4 fully saturated rings. The first-order valence-electron chi connectivity index (χ1n) is 10.6. The largest absolute Gasteiger partial charge is 0.487 e. The fourth-order valence-corrected chi connectivity index (χ4v) is 6.85. The molecule has 1 heterocycles. The molecular weight excluding hydrogens is 368 g/mol. The van der Waals surface area contributed by atoms with Crippen LogP contribution in [0, 0.1) is 23.2 Å². The fourth-order valence-electron chi connectivity index (χ4n) is 6.31. The molecular formula is C23H28N2O2S. The molecule has 4 saturated carbocycles. The van der Waals surface area contributed by atoms with Crippen LogP contribution in [-0.4, -0.2) is 17.4 Å². The Morgan fingerprint density at radius 2 is 1.79 bits per heavy atom. The molecule has 1 amide bonds. The van der Waals surface area contributed by atoms with Crippen molar-refractivity contribution >= 4 is 17.2 Å². The number of hydrogen-bond acceptors (Lipinski definition) is 4. The number of amides is 1. The Labute approximate surface area is 170 Å². The lowest BCUT2D eigenvalue weighted by atomic mass is 9.49. The fraction of sp³-hybridized carbons (Fsp3) is 0.565. The SMILES string of the molecule is O=C(NCCC12CC3CC(CC(C3)C1)C2)c1ccc(OCc2cscn2)cc1. The second kappa shape index (κ2) is 7.51. The van der Waals surface area contributed by atoms with Crippen molar-refractivity contribution in [3.63, 3.8) is 0 Å². The van der Waals surface area contributed by atoms with Gasteiger partial charge in [-0.2, -0.15) is 0 Å². The molecule has 4 aliphatic carbocycles. The molecule has 6 rings (SSSR count). The predicted molar refractivity (Wildman–Crippen MR) is 110 cm³/mol. The van der Waals surface area contributed by atoms with Gasteiger partial charge in [0.15, 0.2) is 0 Å². The Balaban J connectivity index is 1.11. The number of benzene rings is 1. The monoisotopic (exact) mass is 396 g/mol. The van der Waals surface area contributed by atoms with Crippen molar-refractivity contribution in [3.05, 3.63) is 46.4 Å². The standard InChI is InChI=1S/C23H28N2O2S/c26-22(19-1-3-21(4-2-19)27-13-20-14-28-15-25-20)24-6-5-23-10-16-7-17(11-23)9-18(8-16)12-23/h1-4,14-18H,5-13H2,(H,24,26). The van der Waals surface area contributed by atoms with Gasteiger partial charge in [-0.3, -0.25) is 4.79 Å². The van der Waals surface area contributed by atoms with E-state index in [0.29, 0.717) is 17.6 Å². The Bertz CT molecular complexity index is 780. The molecule has 0 spiro atoms. The number of carbonyl (C=O) groups is 1. The summed E-state index contributed by atoms with van der Waals surface area (Å²) in [4.78, 5) is 16.7. The van der Waals surface area contributed by atoms with Gasteiger partial charge in [-0.1, -0.05) is 0 Å². The molecule has 4 bridgehead atoms. The zero-order chi connectivity index (χ0) is 19.0. The van der Waals surface area contributed by atoms with Crippen LogP contribution in [0.5, 0.6) is 5.75 Å². The van der Waals surface area contributed by atoms with E-state index in [4.69, 9.17) is 4.74 Å². The minimum Gasteiger partial charge on any atom is -0.487 e. The van der Waals surface area contributed by atoms with E-state index >= 15 is 0 Å². The van der Waals surface area contributed by atoms with Gasteiger partial charge < -0.3 is 10.1 Å². The van der Waals surface area contributed by atoms with Crippen LogP contribution in [0.4, 0.5) is 0 Å². The van der Waals surface area contributed by atoms with Gasteiger partial charge in [-0.05, 0) is 92.4 Å². The van der Waals surface area contributed by atoms with Crippen molar-refractivity contribution in [1.29, 1.82) is 0 Å². The van der Waals surface area contributed by atoms with Crippen LogP contribution in [0.1, 0.15) is 61.0 Å². The number of aromatic nitrogens is 1. The lowest BCUT2D eigenvalue weighted by molar-refractivity contribution is -0.0564. The first kappa shape index (κ1) is 18.2. The van der Waals surface area contributed by atoms with E-state index in [1.807, 2.05) is 29.6 Å². The summed E-state index contributed by atoms with van der Waals surface area (Å²) in [6.45, 7) is 1.26. The van der Waals surface area contributed by atoms with E-state index in [0.717, 1.165) is 42.2 Å². The third-order valence-electron chi connectivity index (χ3n) is 7.09. The molecule has 148 valence electrons. The average Bonchev–Trinajstić information content (AvgIpc) is 3.19. The zero-order valence-electron chi connectivity index (χ0n) is 16.2. The minimum absolute atomic E-state index is 0.0239. The number of carbonyl (C=O) groups excluding carboxylic acids is 1. The first-order chi connectivity index (χ1) is 13.7. The van der Waals surface area contributed by atoms with E-state index < -0.39 is 0 Å². The normalized spacial score (nSPS) is 30.4. The average molecular weight is 397 g/mol. The molecule has 0 atom stereocenters. The molecule has 0 aliphatic heterocycles. The highest BCUT2D eigenvalue weighted by atomic mass is 32.1. The second-order valence-electron chi connectivity index (χ2n) is 9.22. The Morgan fingerprint density at radius 3 is 2.39 bits per heavy atom. The lowest BCUT2D eigenvalue weighted by Crippen LogP contribution is -2.47. The number of rotatable bonds is 7. The molecule has 5 heteroatoms. The second-order valence-corrected chi connectivity index (χ2v) is 9.93. The molecule has 0 radical (unpaired) electrons. The van der Waals surface area contributed by atoms with E-state index in [2.05, 4.69) is 10.3 Å². The number of nitrogens with zero attached hydrogens (tertiary/aromatic N) is 1. The first-order valence-corrected chi connectivity index (χ1v) is 11.5. The summed E-state index contributed by atoms with van der Waals surface area (Å²) in [5.74, 6) is 3.70. The van der Waals surface area contributed by atoms with Crippen molar-refractivity contribution in [2.45, 2.75) is 51.6 Å². The molecule has 2 aromatic rings. The summed E-state index contributed by atoms with van der Waals surface area (Å²) in [5, 5.41) is 5.14. The van der Waals surface area contributed by atoms with E-state index in [9.17, 15) is 4.79 Å². The van der Waals surface area contributed by atoms with Crippen LogP contribution in [0.25, 0.3) is 0 Å².